The maximum Gasteiger partial charge on any atom is 0.129 e. The summed E-state index contributed by atoms with van der Waals surface area (Å²) in [6.45, 7) is 6.20. The highest BCUT2D eigenvalue weighted by atomic mass is 15.2. The summed E-state index contributed by atoms with van der Waals surface area (Å²) in [7, 11) is 0. The van der Waals surface area contributed by atoms with Gasteiger partial charge in [0.05, 0.1) is 0 Å². The standard InChI is InChI=1S/C13H19N3/c1-10-4-7-16(8-5-10)13-9-12(11(2)14)3-6-15-13/h3-4,6,9,11H,5,7-8,14H2,1-2H3. The maximum atomic E-state index is 5.88. The van der Waals surface area contributed by atoms with Gasteiger partial charge < -0.3 is 10.6 Å². The zero-order chi connectivity index (χ0) is 11.5. The van der Waals surface area contributed by atoms with Gasteiger partial charge in [-0.25, -0.2) is 4.98 Å². The molecule has 16 heavy (non-hydrogen) atoms. The van der Waals surface area contributed by atoms with E-state index < -0.39 is 0 Å². The molecule has 1 aromatic heterocycles. The molecule has 0 spiro atoms. The summed E-state index contributed by atoms with van der Waals surface area (Å²) in [5.74, 6) is 1.04. The highest BCUT2D eigenvalue weighted by Gasteiger charge is 2.12. The number of pyridine rings is 1. The van der Waals surface area contributed by atoms with Gasteiger partial charge in [0.15, 0.2) is 0 Å². The molecule has 1 aliphatic heterocycles. The molecule has 2 N–H and O–H groups in total. The molecule has 0 aliphatic carbocycles. The summed E-state index contributed by atoms with van der Waals surface area (Å²) in [6, 6.07) is 4.15. The number of nitrogens with two attached hydrogens (primary N) is 1. The summed E-state index contributed by atoms with van der Waals surface area (Å²) in [5, 5.41) is 0. The minimum atomic E-state index is 0.0730. The molecule has 1 aromatic rings. The van der Waals surface area contributed by atoms with Gasteiger partial charge in [-0.05, 0) is 38.0 Å². The van der Waals surface area contributed by atoms with Crippen molar-refractivity contribution in [2.75, 3.05) is 18.0 Å². The molecule has 0 aromatic carbocycles. The molecule has 0 radical (unpaired) electrons. The second-order valence-corrected chi connectivity index (χ2v) is 4.48. The lowest BCUT2D eigenvalue weighted by molar-refractivity contribution is 0.767. The van der Waals surface area contributed by atoms with Crippen molar-refractivity contribution in [3.05, 3.63) is 35.5 Å². The molecule has 0 bridgehead atoms. The van der Waals surface area contributed by atoms with Crippen molar-refractivity contribution in [3.8, 4) is 0 Å². The van der Waals surface area contributed by atoms with Gasteiger partial charge in [0.1, 0.15) is 5.82 Å². The van der Waals surface area contributed by atoms with Crippen LogP contribution in [0.4, 0.5) is 5.82 Å². The van der Waals surface area contributed by atoms with Crippen LogP contribution in [-0.4, -0.2) is 18.1 Å². The first-order chi connectivity index (χ1) is 7.66. The molecular formula is C13H19N3. The van der Waals surface area contributed by atoms with Gasteiger partial charge >= 0.3 is 0 Å². The Kier molecular flexibility index (Phi) is 3.25. The molecular weight excluding hydrogens is 198 g/mol. The van der Waals surface area contributed by atoms with Gasteiger partial charge in [0, 0.05) is 25.3 Å². The Morgan fingerprint density at radius 2 is 2.31 bits per heavy atom. The van der Waals surface area contributed by atoms with Crippen LogP contribution >= 0.6 is 0 Å². The van der Waals surface area contributed by atoms with Crippen LogP contribution in [0.1, 0.15) is 31.9 Å². The Balaban J connectivity index is 2.18. The van der Waals surface area contributed by atoms with Crippen molar-refractivity contribution < 1.29 is 0 Å². The highest BCUT2D eigenvalue weighted by molar-refractivity contribution is 5.43. The minimum absolute atomic E-state index is 0.0730. The number of hydrogen-bond acceptors (Lipinski definition) is 3. The van der Waals surface area contributed by atoms with Crippen molar-refractivity contribution in [3.63, 3.8) is 0 Å². The number of hydrogen-bond donors (Lipinski definition) is 1. The molecule has 0 amide bonds. The third-order valence-electron chi connectivity index (χ3n) is 3.06. The summed E-state index contributed by atoms with van der Waals surface area (Å²) >= 11 is 0. The van der Waals surface area contributed by atoms with Crippen LogP contribution in [0.15, 0.2) is 30.0 Å². The molecule has 1 atom stereocenters. The largest absolute Gasteiger partial charge is 0.353 e. The monoisotopic (exact) mass is 217 g/mol. The van der Waals surface area contributed by atoms with Crippen LogP contribution in [0, 0.1) is 0 Å². The zero-order valence-electron chi connectivity index (χ0n) is 9.98. The molecule has 86 valence electrons. The van der Waals surface area contributed by atoms with Crippen LogP contribution in [0.3, 0.4) is 0 Å². The fourth-order valence-electron chi connectivity index (χ4n) is 1.87. The van der Waals surface area contributed by atoms with E-state index in [2.05, 4.69) is 29.0 Å². The molecule has 3 heteroatoms. The van der Waals surface area contributed by atoms with E-state index in [0.29, 0.717) is 0 Å². The van der Waals surface area contributed by atoms with Crippen LogP contribution < -0.4 is 10.6 Å². The molecule has 2 heterocycles. The number of aromatic nitrogens is 1. The van der Waals surface area contributed by atoms with Gasteiger partial charge in [-0.2, -0.15) is 0 Å². The van der Waals surface area contributed by atoms with Crippen molar-refractivity contribution >= 4 is 5.82 Å². The van der Waals surface area contributed by atoms with Crippen LogP contribution in [0.5, 0.6) is 0 Å². The van der Waals surface area contributed by atoms with E-state index in [1.165, 1.54) is 5.57 Å². The molecule has 2 rings (SSSR count). The minimum Gasteiger partial charge on any atom is -0.353 e. The normalized spacial score (nSPS) is 18.2. The van der Waals surface area contributed by atoms with Gasteiger partial charge in [-0.1, -0.05) is 11.6 Å². The summed E-state index contributed by atoms with van der Waals surface area (Å²) in [6.07, 6.45) is 5.24. The Labute approximate surface area is 97.0 Å². The molecule has 1 unspecified atom stereocenters. The number of anilines is 1. The Morgan fingerprint density at radius 3 is 2.94 bits per heavy atom. The predicted molar refractivity (Wildman–Crippen MR) is 67.4 cm³/mol. The van der Waals surface area contributed by atoms with Crippen molar-refractivity contribution in [2.24, 2.45) is 5.73 Å². The van der Waals surface area contributed by atoms with Gasteiger partial charge in [0.2, 0.25) is 0 Å². The lowest BCUT2D eigenvalue weighted by Gasteiger charge is -2.27. The Morgan fingerprint density at radius 1 is 1.50 bits per heavy atom. The van der Waals surface area contributed by atoms with Crippen LogP contribution in [0.25, 0.3) is 0 Å². The quantitative estimate of drug-likeness (QED) is 0.773. The highest BCUT2D eigenvalue weighted by Crippen LogP contribution is 2.20. The average molecular weight is 217 g/mol. The predicted octanol–water partition coefficient (Wildman–Crippen LogP) is 2.26. The first kappa shape index (κ1) is 11.1. The summed E-state index contributed by atoms with van der Waals surface area (Å²) in [4.78, 5) is 6.70. The number of nitrogens with zero attached hydrogens (tertiary/aromatic N) is 2. The molecule has 0 saturated carbocycles. The van der Waals surface area contributed by atoms with E-state index in [-0.39, 0.29) is 6.04 Å². The molecule has 3 nitrogen and oxygen atoms in total. The summed E-state index contributed by atoms with van der Waals surface area (Å²) in [5.41, 5.74) is 8.50. The van der Waals surface area contributed by atoms with Crippen molar-refractivity contribution in [1.29, 1.82) is 0 Å². The summed E-state index contributed by atoms with van der Waals surface area (Å²) < 4.78 is 0. The van der Waals surface area contributed by atoms with Gasteiger partial charge in [-0.15, -0.1) is 0 Å². The second kappa shape index (κ2) is 4.66. The fourth-order valence-corrected chi connectivity index (χ4v) is 1.87. The third-order valence-corrected chi connectivity index (χ3v) is 3.06. The van der Waals surface area contributed by atoms with Gasteiger partial charge in [-0.3, -0.25) is 0 Å². The number of rotatable bonds is 2. The van der Waals surface area contributed by atoms with Gasteiger partial charge in [0.25, 0.3) is 0 Å². The third kappa shape index (κ3) is 2.42. The van der Waals surface area contributed by atoms with Crippen molar-refractivity contribution in [1.82, 2.24) is 4.98 Å². The SMILES string of the molecule is CC1=CCN(c2cc(C(C)N)ccn2)CC1. The topological polar surface area (TPSA) is 42.1 Å². The van der Waals surface area contributed by atoms with E-state index in [4.69, 9.17) is 5.73 Å². The van der Waals surface area contributed by atoms with E-state index in [0.717, 1.165) is 30.9 Å². The van der Waals surface area contributed by atoms with Crippen LogP contribution in [0.2, 0.25) is 0 Å². The first-order valence-electron chi connectivity index (χ1n) is 5.79. The van der Waals surface area contributed by atoms with E-state index in [1.54, 1.807) is 0 Å². The zero-order valence-corrected chi connectivity index (χ0v) is 9.98. The van der Waals surface area contributed by atoms with E-state index in [1.807, 2.05) is 19.2 Å². The smallest absolute Gasteiger partial charge is 0.129 e. The molecule has 0 saturated heterocycles. The van der Waals surface area contributed by atoms with E-state index >= 15 is 0 Å². The lowest BCUT2D eigenvalue weighted by atomic mass is 10.1. The Hall–Kier alpha value is -1.35. The average Bonchev–Trinajstić information content (AvgIpc) is 2.30. The fraction of sp³-hybridized carbons (Fsp3) is 0.462. The molecule has 0 fully saturated rings. The van der Waals surface area contributed by atoms with E-state index in [9.17, 15) is 0 Å². The second-order valence-electron chi connectivity index (χ2n) is 4.48. The van der Waals surface area contributed by atoms with Crippen molar-refractivity contribution in [2.45, 2.75) is 26.3 Å². The molecule has 1 aliphatic rings. The lowest BCUT2D eigenvalue weighted by Crippen LogP contribution is -2.29. The maximum absolute atomic E-state index is 5.88. The first-order valence-corrected chi connectivity index (χ1v) is 5.79. The Bertz CT molecular complexity index is 396. The van der Waals surface area contributed by atoms with Crippen LogP contribution in [-0.2, 0) is 0 Å².